The molecule has 6 nitrogen and oxygen atoms in total. The molecule has 1 N–H and O–H groups in total. The number of aromatic nitrogens is 1. The van der Waals surface area contributed by atoms with Crippen molar-refractivity contribution in [3.8, 4) is 5.88 Å². The first kappa shape index (κ1) is 21.8. The lowest BCUT2D eigenvalue weighted by atomic mass is 9.65. The van der Waals surface area contributed by atoms with Crippen molar-refractivity contribution in [2.45, 2.75) is 59.2 Å². The average Bonchev–Trinajstić information content (AvgIpc) is 3.16. The molecule has 2 aliphatic rings. The zero-order chi connectivity index (χ0) is 23.2. The van der Waals surface area contributed by atoms with Gasteiger partial charge in [-0.2, -0.15) is 0 Å². The van der Waals surface area contributed by atoms with Gasteiger partial charge in [0, 0.05) is 18.0 Å². The van der Waals surface area contributed by atoms with Crippen LogP contribution in [0.15, 0.2) is 64.8 Å². The fourth-order valence-electron chi connectivity index (χ4n) is 6.35. The Morgan fingerprint density at radius 1 is 1.06 bits per heavy atom. The molecule has 2 heterocycles. The Morgan fingerprint density at radius 2 is 1.79 bits per heavy atom. The molecule has 2 fully saturated rings. The van der Waals surface area contributed by atoms with Gasteiger partial charge in [0.1, 0.15) is 0 Å². The van der Waals surface area contributed by atoms with Crippen LogP contribution >= 0.6 is 0 Å². The second kappa shape index (κ2) is 8.10. The number of carbonyl (C=O) groups excluding carboxylic acids is 1. The highest BCUT2D eigenvalue weighted by atomic mass is 16.3. The number of azo groups is 1. The molecule has 1 amide bonds. The lowest BCUT2D eigenvalue weighted by Gasteiger charge is -2.40. The summed E-state index contributed by atoms with van der Waals surface area (Å²) >= 11 is 0. The van der Waals surface area contributed by atoms with Crippen molar-refractivity contribution in [1.82, 2.24) is 9.47 Å². The minimum absolute atomic E-state index is 0.0679. The second-order valence-electron chi connectivity index (χ2n) is 11.0. The third kappa shape index (κ3) is 4.32. The molecule has 6 heteroatoms. The first-order valence-corrected chi connectivity index (χ1v) is 11.8. The van der Waals surface area contributed by atoms with Gasteiger partial charge in [0.15, 0.2) is 5.69 Å². The van der Waals surface area contributed by atoms with Gasteiger partial charge in [-0.15, -0.1) is 10.2 Å². The summed E-state index contributed by atoms with van der Waals surface area (Å²) in [6, 6.07) is 17.8. The van der Waals surface area contributed by atoms with Crippen molar-refractivity contribution in [1.29, 1.82) is 0 Å². The van der Waals surface area contributed by atoms with E-state index in [1.54, 1.807) is 0 Å². The molecular formula is C27H32N4O2. The van der Waals surface area contributed by atoms with Gasteiger partial charge in [-0.05, 0) is 41.7 Å². The molecular weight excluding hydrogens is 412 g/mol. The van der Waals surface area contributed by atoms with Crippen LogP contribution in [0.2, 0.25) is 0 Å². The van der Waals surface area contributed by atoms with Crippen LogP contribution in [-0.2, 0) is 17.9 Å². The van der Waals surface area contributed by atoms with Gasteiger partial charge in [0.25, 0.3) is 5.91 Å². The van der Waals surface area contributed by atoms with E-state index in [-0.39, 0.29) is 18.2 Å². The second-order valence-corrected chi connectivity index (χ2v) is 11.0. The summed E-state index contributed by atoms with van der Waals surface area (Å²) in [6.07, 6.45) is 3.79. The predicted molar refractivity (Wildman–Crippen MR) is 130 cm³/mol. The fourth-order valence-corrected chi connectivity index (χ4v) is 6.35. The van der Waals surface area contributed by atoms with Crippen LogP contribution in [0.25, 0.3) is 10.9 Å². The summed E-state index contributed by atoms with van der Waals surface area (Å²) < 4.78 is 1.92. The zero-order valence-electron chi connectivity index (χ0n) is 19.7. The Bertz CT molecular complexity index is 1210. The molecule has 2 atom stereocenters. The normalized spacial score (nSPS) is 24.6. The van der Waals surface area contributed by atoms with E-state index in [1.165, 1.54) is 19.3 Å². The third-order valence-electron chi connectivity index (χ3n) is 7.22. The molecule has 1 aliphatic heterocycles. The smallest absolute Gasteiger partial charge is 0.269 e. The standard InChI is InChI=1S/C27H32N4O2/c1-26(2)14-20-15-27(3,16-26)17-30(20)18-31-22-12-8-7-11-21(22)24(25(31)33)29-28-23(32)13-19-9-5-4-6-10-19/h4-12,20,33H,13-18H2,1-3H3/t20-,27-/m0/s1. The number of nitrogens with zero attached hydrogens (tertiary/aromatic N) is 4. The predicted octanol–water partition coefficient (Wildman–Crippen LogP) is 6.06. The lowest BCUT2D eigenvalue weighted by Crippen LogP contribution is -2.35. The van der Waals surface area contributed by atoms with Gasteiger partial charge in [0.2, 0.25) is 5.88 Å². The molecule has 33 heavy (non-hydrogen) atoms. The van der Waals surface area contributed by atoms with Crippen LogP contribution in [0.4, 0.5) is 5.69 Å². The molecule has 172 valence electrons. The maximum absolute atomic E-state index is 12.4. The number of fused-ring (bicyclic) bond motifs is 3. The molecule has 0 radical (unpaired) electrons. The van der Waals surface area contributed by atoms with Crippen molar-refractivity contribution in [3.05, 3.63) is 60.2 Å². The first-order chi connectivity index (χ1) is 15.7. The molecule has 0 spiro atoms. The van der Waals surface area contributed by atoms with Crippen molar-refractivity contribution in [2.75, 3.05) is 6.54 Å². The van der Waals surface area contributed by atoms with Gasteiger partial charge >= 0.3 is 0 Å². The Labute approximate surface area is 194 Å². The Hall–Kier alpha value is -2.99. The van der Waals surface area contributed by atoms with Gasteiger partial charge < -0.3 is 5.11 Å². The average molecular weight is 445 g/mol. The highest BCUT2D eigenvalue weighted by Gasteiger charge is 2.49. The maximum atomic E-state index is 12.4. The summed E-state index contributed by atoms with van der Waals surface area (Å²) in [4.78, 5) is 14.9. The highest BCUT2D eigenvalue weighted by Crippen LogP contribution is 2.53. The Kier molecular flexibility index (Phi) is 5.36. The summed E-state index contributed by atoms with van der Waals surface area (Å²) in [5, 5.41) is 20.1. The molecule has 1 saturated carbocycles. The molecule has 0 unspecified atom stereocenters. The number of amides is 1. The van der Waals surface area contributed by atoms with Gasteiger partial charge in [-0.3, -0.25) is 14.3 Å². The van der Waals surface area contributed by atoms with Crippen LogP contribution in [0.5, 0.6) is 5.88 Å². The Balaban J connectivity index is 1.42. The number of carbonyl (C=O) groups is 1. The minimum Gasteiger partial charge on any atom is -0.493 e. The van der Waals surface area contributed by atoms with Crippen LogP contribution in [0.1, 0.15) is 45.6 Å². The van der Waals surface area contributed by atoms with E-state index in [4.69, 9.17) is 0 Å². The quantitative estimate of drug-likeness (QED) is 0.486. The topological polar surface area (TPSA) is 70.2 Å². The van der Waals surface area contributed by atoms with E-state index in [0.717, 1.165) is 23.0 Å². The zero-order valence-corrected chi connectivity index (χ0v) is 19.7. The highest BCUT2D eigenvalue weighted by molar-refractivity contribution is 5.95. The number of hydrogen-bond acceptors (Lipinski definition) is 4. The molecule has 1 aliphatic carbocycles. The largest absolute Gasteiger partial charge is 0.493 e. The van der Waals surface area contributed by atoms with E-state index in [2.05, 4.69) is 35.9 Å². The summed E-state index contributed by atoms with van der Waals surface area (Å²) in [7, 11) is 0. The number of rotatable bonds is 5. The van der Waals surface area contributed by atoms with Crippen molar-refractivity contribution in [2.24, 2.45) is 21.1 Å². The molecule has 1 aromatic heterocycles. The van der Waals surface area contributed by atoms with E-state index >= 15 is 0 Å². The number of benzene rings is 2. The molecule has 3 aromatic rings. The fraction of sp³-hybridized carbons (Fsp3) is 0.444. The number of hydrogen-bond donors (Lipinski definition) is 1. The lowest BCUT2D eigenvalue weighted by molar-refractivity contribution is -0.117. The SMILES string of the molecule is CC1(C)C[C@H]2C[C@](C)(CN2Cn2c(O)c(N=NC(=O)Cc3ccccc3)c3ccccc32)C1. The summed E-state index contributed by atoms with van der Waals surface area (Å²) in [5.41, 5.74) is 2.82. The number of likely N-dealkylation sites (tertiary alicyclic amines) is 1. The van der Waals surface area contributed by atoms with E-state index in [1.807, 2.05) is 59.2 Å². The van der Waals surface area contributed by atoms with Crippen LogP contribution in [-0.4, -0.2) is 33.1 Å². The number of para-hydroxylation sites is 1. The van der Waals surface area contributed by atoms with Crippen molar-refractivity contribution < 1.29 is 9.90 Å². The van der Waals surface area contributed by atoms with E-state index < -0.39 is 0 Å². The van der Waals surface area contributed by atoms with Crippen LogP contribution in [0.3, 0.4) is 0 Å². The van der Waals surface area contributed by atoms with Gasteiger partial charge in [0.05, 0.1) is 18.6 Å². The number of aromatic hydroxyl groups is 1. The molecule has 5 rings (SSSR count). The third-order valence-corrected chi connectivity index (χ3v) is 7.22. The summed E-state index contributed by atoms with van der Waals surface area (Å²) in [6.45, 7) is 8.77. The van der Waals surface area contributed by atoms with Crippen LogP contribution < -0.4 is 0 Å². The van der Waals surface area contributed by atoms with Crippen molar-refractivity contribution >= 4 is 22.5 Å². The monoisotopic (exact) mass is 444 g/mol. The molecule has 1 saturated heterocycles. The molecule has 2 aromatic carbocycles. The summed E-state index contributed by atoms with van der Waals surface area (Å²) in [5.74, 6) is -0.265. The van der Waals surface area contributed by atoms with Crippen molar-refractivity contribution in [3.63, 3.8) is 0 Å². The molecule has 2 bridgehead atoms. The minimum atomic E-state index is -0.332. The Morgan fingerprint density at radius 3 is 2.58 bits per heavy atom. The van der Waals surface area contributed by atoms with Crippen LogP contribution in [0, 0.1) is 10.8 Å². The van der Waals surface area contributed by atoms with E-state index in [9.17, 15) is 9.90 Å². The van der Waals surface area contributed by atoms with E-state index in [0.29, 0.717) is 29.2 Å². The van der Waals surface area contributed by atoms with Gasteiger partial charge in [-0.25, -0.2) is 0 Å². The maximum Gasteiger partial charge on any atom is 0.269 e. The first-order valence-electron chi connectivity index (χ1n) is 11.8. The van der Waals surface area contributed by atoms with Gasteiger partial charge in [-0.1, -0.05) is 69.3 Å².